The van der Waals surface area contributed by atoms with Gasteiger partial charge in [0.25, 0.3) is 0 Å². The van der Waals surface area contributed by atoms with Crippen LogP contribution in [-0.4, -0.2) is 17.4 Å². The van der Waals surface area contributed by atoms with Crippen LogP contribution in [0.25, 0.3) is 0 Å². The van der Waals surface area contributed by atoms with Gasteiger partial charge in [-0.05, 0) is 6.92 Å². The lowest BCUT2D eigenvalue weighted by atomic mass is 10.4. The maximum absolute atomic E-state index is 13.3. The topological polar surface area (TPSA) is 37.3 Å². The highest BCUT2D eigenvalue weighted by Gasteiger charge is 2.28. The molecule has 0 fully saturated rings. The first-order chi connectivity index (χ1) is 8.63. The average Bonchev–Trinajstić information content (AvgIpc) is 2.40. The molecule has 0 amide bonds. The van der Waals surface area contributed by atoms with Gasteiger partial charge in [-0.1, -0.05) is 60.7 Å². The molecule has 0 heterocycles. The molecule has 94 valence electrons. The fourth-order valence-electron chi connectivity index (χ4n) is 2.07. The summed E-state index contributed by atoms with van der Waals surface area (Å²) in [6.07, 6.45) is -0.308. The molecule has 3 heteroatoms. The molecule has 0 aliphatic rings. The van der Waals surface area contributed by atoms with Crippen LogP contribution in [0.1, 0.15) is 6.92 Å². The van der Waals surface area contributed by atoms with Gasteiger partial charge < -0.3 is 9.67 Å². The highest BCUT2D eigenvalue weighted by Crippen LogP contribution is 2.43. The van der Waals surface area contributed by atoms with E-state index >= 15 is 0 Å². The maximum atomic E-state index is 13.3. The standard InChI is InChI=1S/C15H17O2P/c1-13(16)12-18(17,14-8-4-2-5-9-14)15-10-6-3-7-11-15/h2-11,13,16H,12H2,1H3/t13-/m0/s1. The minimum Gasteiger partial charge on any atom is -0.393 e. The molecule has 18 heavy (non-hydrogen) atoms. The molecule has 1 N–H and O–H groups in total. The van der Waals surface area contributed by atoms with Gasteiger partial charge in [0.2, 0.25) is 0 Å². The van der Waals surface area contributed by atoms with Crippen molar-refractivity contribution in [2.45, 2.75) is 13.0 Å². The number of benzene rings is 2. The summed E-state index contributed by atoms with van der Waals surface area (Å²) < 4.78 is 13.3. The zero-order valence-electron chi connectivity index (χ0n) is 10.4. The molecule has 0 saturated carbocycles. The molecule has 2 aromatic carbocycles. The Bertz CT molecular complexity index is 491. The minimum absolute atomic E-state index is 0.279. The predicted octanol–water partition coefficient (Wildman–Crippen LogP) is 2.38. The molecule has 0 bridgehead atoms. The van der Waals surface area contributed by atoms with Crippen LogP contribution in [0.15, 0.2) is 60.7 Å². The second kappa shape index (κ2) is 5.51. The van der Waals surface area contributed by atoms with E-state index < -0.39 is 13.2 Å². The molecule has 0 radical (unpaired) electrons. The van der Waals surface area contributed by atoms with Crippen molar-refractivity contribution in [1.82, 2.24) is 0 Å². The number of hydrogen-bond acceptors (Lipinski definition) is 2. The van der Waals surface area contributed by atoms with Crippen molar-refractivity contribution in [2.24, 2.45) is 0 Å². The Labute approximate surface area is 108 Å². The minimum atomic E-state index is -2.73. The van der Waals surface area contributed by atoms with Crippen molar-refractivity contribution in [3.63, 3.8) is 0 Å². The highest BCUT2D eigenvalue weighted by atomic mass is 31.2. The fraction of sp³-hybridized carbons (Fsp3) is 0.200. The van der Waals surface area contributed by atoms with Gasteiger partial charge in [0.1, 0.15) is 7.14 Å². The van der Waals surface area contributed by atoms with Crippen molar-refractivity contribution in [3.8, 4) is 0 Å². The van der Waals surface area contributed by atoms with E-state index in [1.54, 1.807) is 6.92 Å². The molecule has 0 aliphatic heterocycles. The lowest BCUT2D eigenvalue weighted by Gasteiger charge is -2.20. The van der Waals surface area contributed by atoms with E-state index in [1.807, 2.05) is 60.7 Å². The van der Waals surface area contributed by atoms with Crippen LogP contribution in [0.4, 0.5) is 0 Å². The summed E-state index contributed by atoms with van der Waals surface area (Å²) in [6, 6.07) is 18.8. The van der Waals surface area contributed by atoms with Crippen molar-refractivity contribution < 1.29 is 9.67 Å². The van der Waals surface area contributed by atoms with E-state index in [0.717, 1.165) is 10.6 Å². The third-order valence-corrected chi connectivity index (χ3v) is 6.18. The molecular formula is C15H17O2P. The van der Waals surface area contributed by atoms with Crippen LogP contribution in [0.5, 0.6) is 0 Å². The van der Waals surface area contributed by atoms with Crippen LogP contribution < -0.4 is 10.6 Å². The Morgan fingerprint density at radius 2 is 1.33 bits per heavy atom. The predicted molar refractivity (Wildman–Crippen MR) is 76.3 cm³/mol. The van der Waals surface area contributed by atoms with Crippen molar-refractivity contribution in [3.05, 3.63) is 60.7 Å². The van der Waals surface area contributed by atoms with E-state index in [0.29, 0.717) is 0 Å². The Morgan fingerprint density at radius 1 is 0.944 bits per heavy atom. The van der Waals surface area contributed by atoms with Gasteiger partial charge in [-0.15, -0.1) is 0 Å². The molecule has 0 unspecified atom stereocenters. The number of hydrogen-bond donors (Lipinski definition) is 1. The number of aliphatic hydroxyl groups is 1. The SMILES string of the molecule is C[C@H](O)CP(=O)(c1ccccc1)c1ccccc1. The smallest absolute Gasteiger partial charge is 0.145 e. The van der Waals surface area contributed by atoms with Gasteiger partial charge in [0, 0.05) is 16.8 Å². The lowest BCUT2D eigenvalue weighted by molar-refractivity contribution is 0.218. The number of rotatable bonds is 4. The zero-order chi connectivity index (χ0) is 13.0. The van der Waals surface area contributed by atoms with Gasteiger partial charge in [-0.3, -0.25) is 0 Å². The third-order valence-electron chi connectivity index (χ3n) is 2.87. The van der Waals surface area contributed by atoms with Gasteiger partial charge in [-0.25, -0.2) is 0 Å². The molecule has 0 saturated heterocycles. The lowest BCUT2D eigenvalue weighted by Crippen LogP contribution is -2.23. The summed E-state index contributed by atoms with van der Waals surface area (Å²) in [7, 11) is -2.73. The summed E-state index contributed by atoms with van der Waals surface area (Å²) in [5.74, 6) is 0. The van der Waals surface area contributed by atoms with Crippen LogP contribution in [-0.2, 0) is 4.57 Å². The molecule has 0 spiro atoms. The first-order valence-electron chi connectivity index (χ1n) is 6.01. The van der Waals surface area contributed by atoms with Gasteiger partial charge in [-0.2, -0.15) is 0 Å². The molecule has 1 atom stereocenters. The normalized spacial score (nSPS) is 13.2. The quantitative estimate of drug-likeness (QED) is 0.857. The largest absolute Gasteiger partial charge is 0.393 e. The van der Waals surface area contributed by atoms with Crippen molar-refractivity contribution >= 4 is 17.8 Å². The molecule has 2 aromatic rings. The molecule has 0 aromatic heterocycles. The summed E-state index contributed by atoms with van der Waals surface area (Å²) in [4.78, 5) is 0. The first-order valence-corrected chi connectivity index (χ1v) is 7.90. The second-order valence-electron chi connectivity index (χ2n) is 4.44. The Hall–Kier alpha value is -1.37. The van der Waals surface area contributed by atoms with Crippen molar-refractivity contribution in [2.75, 3.05) is 6.16 Å². The monoisotopic (exact) mass is 260 g/mol. The molecular weight excluding hydrogens is 243 g/mol. The molecule has 2 rings (SSSR count). The highest BCUT2D eigenvalue weighted by molar-refractivity contribution is 7.78. The Morgan fingerprint density at radius 3 is 1.67 bits per heavy atom. The summed E-state index contributed by atoms with van der Waals surface area (Å²) >= 11 is 0. The van der Waals surface area contributed by atoms with E-state index in [-0.39, 0.29) is 6.16 Å². The van der Waals surface area contributed by atoms with Gasteiger partial charge in [0.15, 0.2) is 0 Å². The Kier molecular flexibility index (Phi) is 4.00. The summed E-state index contributed by atoms with van der Waals surface area (Å²) in [6.45, 7) is 1.68. The zero-order valence-corrected chi connectivity index (χ0v) is 11.3. The third kappa shape index (κ3) is 2.72. The van der Waals surface area contributed by atoms with Crippen molar-refractivity contribution in [1.29, 1.82) is 0 Å². The average molecular weight is 260 g/mol. The number of aliphatic hydroxyl groups excluding tert-OH is 1. The first kappa shape index (κ1) is 13.1. The van der Waals surface area contributed by atoms with Gasteiger partial charge >= 0.3 is 0 Å². The van der Waals surface area contributed by atoms with Crippen LogP contribution >= 0.6 is 7.14 Å². The van der Waals surface area contributed by atoms with E-state index in [2.05, 4.69) is 0 Å². The van der Waals surface area contributed by atoms with E-state index in [1.165, 1.54) is 0 Å². The van der Waals surface area contributed by atoms with Gasteiger partial charge in [0.05, 0.1) is 6.10 Å². The van der Waals surface area contributed by atoms with Crippen LogP contribution in [0.3, 0.4) is 0 Å². The fourth-order valence-corrected chi connectivity index (χ4v) is 4.84. The maximum Gasteiger partial charge on any atom is 0.145 e. The van der Waals surface area contributed by atoms with Crippen LogP contribution in [0, 0.1) is 0 Å². The summed E-state index contributed by atoms with van der Waals surface area (Å²) in [5.41, 5.74) is 0. The summed E-state index contributed by atoms with van der Waals surface area (Å²) in [5, 5.41) is 11.2. The van der Waals surface area contributed by atoms with E-state index in [4.69, 9.17) is 0 Å². The molecule has 0 aliphatic carbocycles. The second-order valence-corrected chi connectivity index (χ2v) is 7.32. The molecule has 2 nitrogen and oxygen atoms in total. The Balaban J connectivity index is 2.52. The van der Waals surface area contributed by atoms with E-state index in [9.17, 15) is 9.67 Å². The van der Waals surface area contributed by atoms with Crippen LogP contribution in [0.2, 0.25) is 0 Å².